The summed E-state index contributed by atoms with van der Waals surface area (Å²) in [5.41, 5.74) is 2.86. The lowest BCUT2D eigenvalue weighted by atomic mass is 10.0. The van der Waals surface area contributed by atoms with Crippen LogP contribution in [0.2, 0.25) is 0 Å². The van der Waals surface area contributed by atoms with Crippen LogP contribution in [-0.2, 0) is 30.4 Å². The predicted molar refractivity (Wildman–Crippen MR) is 252 cm³/mol. The van der Waals surface area contributed by atoms with E-state index in [1.165, 1.54) is 28.7 Å². The molecule has 3 heterocycles. The predicted octanol–water partition coefficient (Wildman–Crippen LogP) is 10.8. The van der Waals surface area contributed by atoms with Crippen LogP contribution in [0, 0.1) is 36.5 Å². The van der Waals surface area contributed by atoms with Crippen molar-refractivity contribution >= 4 is 102 Å². The number of imidazole rings is 1. The number of benzene rings is 5. The fourth-order valence-electron chi connectivity index (χ4n) is 7.24. The van der Waals surface area contributed by atoms with Gasteiger partial charge in [0.15, 0.2) is 16.3 Å². The van der Waals surface area contributed by atoms with Gasteiger partial charge in [-0.2, -0.15) is 35.8 Å². The normalized spacial score (nSPS) is 12.5. The van der Waals surface area contributed by atoms with E-state index in [0.717, 1.165) is 29.5 Å². The van der Waals surface area contributed by atoms with E-state index in [1.807, 2.05) is 0 Å². The molecule has 0 aliphatic carbocycles. The monoisotopic (exact) mass is 1000 g/mol. The Balaban J connectivity index is 1.21. The van der Waals surface area contributed by atoms with Gasteiger partial charge in [0.1, 0.15) is 49.5 Å². The van der Waals surface area contributed by atoms with E-state index in [1.54, 1.807) is 68.4 Å². The summed E-state index contributed by atoms with van der Waals surface area (Å²) in [6, 6.07) is 28.2. The number of azo groups is 3. The number of para-hydroxylation sites is 2. The molecule has 0 aliphatic heterocycles. The van der Waals surface area contributed by atoms with Crippen LogP contribution in [0.25, 0.3) is 38.6 Å². The maximum absolute atomic E-state index is 12.5. The Morgan fingerprint density at radius 2 is 1.39 bits per heavy atom. The zero-order valence-corrected chi connectivity index (χ0v) is 38.9. The van der Waals surface area contributed by atoms with E-state index in [9.17, 15) is 54.5 Å². The molecule has 0 aliphatic rings. The van der Waals surface area contributed by atoms with E-state index in [0.29, 0.717) is 22.2 Å². The van der Waals surface area contributed by atoms with Gasteiger partial charge in [0.2, 0.25) is 5.88 Å². The lowest BCUT2D eigenvalue weighted by molar-refractivity contribution is 0.317. The molecular weight excluding hydrogens is 973 g/mol. The highest BCUT2D eigenvalue weighted by Gasteiger charge is 2.25. The number of hydrogen-bond acceptors (Lipinski definition) is 18. The van der Waals surface area contributed by atoms with Gasteiger partial charge in [0.05, 0.1) is 34.8 Å². The number of ether oxygens (including phenoxy) is 1. The zero-order valence-electron chi connectivity index (χ0n) is 35.6. The number of pyridine rings is 1. The zero-order chi connectivity index (χ0) is 49.4. The van der Waals surface area contributed by atoms with Gasteiger partial charge >= 0.3 is 0 Å². The number of thiophene rings is 1. The van der Waals surface area contributed by atoms with Crippen molar-refractivity contribution < 1.29 is 48.8 Å². The minimum atomic E-state index is -4.97. The quantitative estimate of drug-likeness (QED) is 0.0447. The van der Waals surface area contributed by atoms with Crippen molar-refractivity contribution in [2.75, 3.05) is 12.4 Å². The van der Waals surface area contributed by atoms with Crippen LogP contribution in [0.5, 0.6) is 11.6 Å². The number of aromatic nitrogens is 2. The van der Waals surface area contributed by atoms with Crippen LogP contribution in [0.4, 0.5) is 32.8 Å². The van der Waals surface area contributed by atoms with E-state index in [2.05, 4.69) is 47.8 Å². The molecule has 0 saturated heterocycles. The van der Waals surface area contributed by atoms with E-state index < -0.39 is 45.9 Å². The number of aryl methyl sites for hydroxylation is 1. The number of rotatable bonds is 14. The first-order valence-corrected chi connectivity index (χ1v) is 25.2. The summed E-state index contributed by atoms with van der Waals surface area (Å²) in [6.45, 7) is 3.01. The maximum atomic E-state index is 12.5. The van der Waals surface area contributed by atoms with Crippen LogP contribution in [-0.4, -0.2) is 65.8 Å². The molecule has 0 fully saturated rings. The molecule has 0 radical (unpaired) electrons. The molecule has 0 amide bonds. The summed E-state index contributed by atoms with van der Waals surface area (Å²) < 4.78 is 109. The smallest absolute Gasteiger partial charge is 0.295 e. The molecule has 0 saturated carbocycles. The summed E-state index contributed by atoms with van der Waals surface area (Å²) in [6.07, 6.45) is -0.131. The van der Waals surface area contributed by atoms with E-state index in [-0.39, 0.29) is 96.1 Å². The Bertz CT molecular complexity index is 3950. The second kappa shape index (κ2) is 18.7. The molecule has 21 nitrogen and oxygen atoms in total. The van der Waals surface area contributed by atoms with Gasteiger partial charge in [-0.25, -0.2) is 4.98 Å². The third kappa shape index (κ3) is 9.78. The molecule has 5 aromatic carbocycles. The largest absolute Gasteiger partial charge is 0.493 e. The minimum absolute atomic E-state index is 0.00834. The highest BCUT2D eigenvalue weighted by atomic mass is 32.2. The number of nitrogens with zero attached hydrogens (tertiary/aromatic N) is 10. The molecule has 0 atom stereocenters. The van der Waals surface area contributed by atoms with Crippen molar-refractivity contribution in [3.63, 3.8) is 0 Å². The molecule has 0 spiro atoms. The van der Waals surface area contributed by atoms with Gasteiger partial charge in [-0.3, -0.25) is 18.1 Å². The third-order valence-electron chi connectivity index (χ3n) is 10.4. The van der Waals surface area contributed by atoms with Crippen LogP contribution < -0.4 is 4.74 Å². The molecule has 0 unspecified atom stereocenters. The highest BCUT2D eigenvalue weighted by Crippen LogP contribution is 2.49. The first kappa shape index (κ1) is 47.6. The number of aromatic hydroxyl groups is 1. The average molecular weight is 1010 g/mol. The summed E-state index contributed by atoms with van der Waals surface area (Å²) in [5.74, 6) is -0.942. The molecule has 0 bridgehead atoms. The van der Waals surface area contributed by atoms with Gasteiger partial charge in [-0.15, -0.1) is 30.7 Å². The number of nitriles is 2. The Kier molecular flexibility index (Phi) is 12.9. The van der Waals surface area contributed by atoms with Crippen molar-refractivity contribution in [3.05, 3.63) is 119 Å². The van der Waals surface area contributed by atoms with Gasteiger partial charge in [0, 0.05) is 28.0 Å². The Morgan fingerprint density at radius 3 is 2.09 bits per heavy atom. The van der Waals surface area contributed by atoms with Crippen LogP contribution in [0.3, 0.4) is 0 Å². The SMILES string of the molecule is Cc1cc(N=Nc2c(C)c(C#N)c3nc4ccccc4n3c2O)c(OCCCS(=O)(=O)O)cc1N=Nc1sc(N=Nc2cc(S(=O)(=O)O)c3cccc(S(=O)(=O)O)c3c2)c(-c2ccccc2)c1C#N. The standard InChI is InChI=1S/C44H32N10O11S4/c1-24-18-34(50-51-40-25(2)30(22-45)41-47-32-13-6-7-14-35(32)54(41)44(40)55)36(65-16-9-17-67(56,57)58)21-33(24)49-52-42-31(23-46)39(26-10-4-3-5-11-26)43(66-42)53-48-27-19-29-28(38(20-27)69(62,63)64)12-8-15-37(29)68(59,60)61/h3-8,10-15,18-21,55H,9,16-17H2,1-2H3,(H,56,57,58)(H,59,60,61)(H,62,63,64). The van der Waals surface area contributed by atoms with Gasteiger partial charge in [-0.1, -0.05) is 65.9 Å². The first-order chi connectivity index (χ1) is 32.8. The number of fused-ring (bicyclic) bond motifs is 4. The Hall–Kier alpha value is -7.88. The van der Waals surface area contributed by atoms with E-state index >= 15 is 0 Å². The second-order valence-corrected chi connectivity index (χ2v) is 20.3. The van der Waals surface area contributed by atoms with Crippen LogP contribution in [0.15, 0.2) is 138 Å². The fourth-order valence-corrected chi connectivity index (χ4v) is 10.1. The lowest BCUT2D eigenvalue weighted by Crippen LogP contribution is -2.08. The van der Waals surface area contributed by atoms with Crippen molar-refractivity contribution in [2.45, 2.75) is 30.1 Å². The molecule has 8 aromatic rings. The van der Waals surface area contributed by atoms with Crippen LogP contribution >= 0.6 is 11.3 Å². The Labute approximate surface area is 395 Å². The first-order valence-electron chi connectivity index (χ1n) is 19.9. The van der Waals surface area contributed by atoms with Crippen molar-refractivity contribution in [3.8, 4) is 34.9 Å². The minimum Gasteiger partial charge on any atom is -0.493 e. The molecule has 25 heteroatoms. The fraction of sp³-hybridized carbons (Fsp3) is 0.114. The lowest BCUT2D eigenvalue weighted by Gasteiger charge is -2.12. The van der Waals surface area contributed by atoms with Crippen molar-refractivity contribution in [2.24, 2.45) is 30.7 Å². The maximum Gasteiger partial charge on any atom is 0.295 e. The van der Waals surface area contributed by atoms with Crippen molar-refractivity contribution in [1.29, 1.82) is 10.5 Å². The van der Waals surface area contributed by atoms with Crippen LogP contribution in [0.1, 0.15) is 28.7 Å². The molecule has 3 aromatic heterocycles. The van der Waals surface area contributed by atoms with E-state index in [4.69, 9.17) is 4.74 Å². The van der Waals surface area contributed by atoms with Gasteiger partial charge in [0.25, 0.3) is 30.4 Å². The molecular formula is C44H32N10O11S4. The van der Waals surface area contributed by atoms with Gasteiger partial charge < -0.3 is 9.84 Å². The topological polar surface area (TPSA) is 332 Å². The molecule has 348 valence electrons. The molecule has 4 N–H and O–H groups in total. The summed E-state index contributed by atoms with van der Waals surface area (Å²) in [7, 11) is -14.2. The number of hydrogen-bond donors (Lipinski definition) is 4. The summed E-state index contributed by atoms with van der Waals surface area (Å²) in [4.78, 5) is 3.15. The van der Waals surface area contributed by atoms with Gasteiger partial charge in [-0.05, 0) is 67.8 Å². The molecule has 69 heavy (non-hydrogen) atoms. The Morgan fingerprint density at radius 1 is 0.710 bits per heavy atom. The highest BCUT2D eigenvalue weighted by molar-refractivity contribution is 7.86. The van der Waals surface area contributed by atoms with Crippen molar-refractivity contribution in [1.82, 2.24) is 9.38 Å². The molecule has 8 rings (SSSR count). The summed E-state index contributed by atoms with van der Waals surface area (Å²) in [5, 5.41) is 57.7. The average Bonchev–Trinajstić information content (AvgIpc) is 3.87. The third-order valence-corrected chi connectivity index (χ3v) is 14.0. The second-order valence-electron chi connectivity index (χ2n) is 14.9. The summed E-state index contributed by atoms with van der Waals surface area (Å²) >= 11 is 0.865.